The van der Waals surface area contributed by atoms with Gasteiger partial charge in [0.15, 0.2) is 0 Å². The van der Waals surface area contributed by atoms with E-state index in [1.165, 1.54) is 4.90 Å². The van der Waals surface area contributed by atoms with E-state index in [0.717, 1.165) is 19.3 Å². The number of allylic oxidation sites excluding steroid dienone is 2. The van der Waals surface area contributed by atoms with Crippen molar-refractivity contribution in [3.8, 4) is 0 Å². The Morgan fingerprint density at radius 2 is 1.61 bits per heavy atom. The number of hydrogen-bond donors (Lipinski definition) is 1. The van der Waals surface area contributed by atoms with Gasteiger partial charge in [-0.1, -0.05) is 31.6 Å². The second-order valence-corrected chi connectivity index (χ2v) is 10.2. The molecule has 184 valence electrons. The van der Waals surface area contributed by atoms with Crippen molar-refractivity contribution in [3.63, 3.8) is 0 Å². The summed E-state index contributed by atoms with van der Waals surface area (Å²) in [7, 11) is 0. The fourth-order valence-electron chi connectivity index (χ4n) is 6.29. The van der Waals surface area contributed by atoms with E-state index in [2.05, 4.69) is 17.5 Å². The van der Waals surface area contributed by atoms with Crippen LogP contribution in [0, 0.1) is 35.5 Å². The highest BCUT2D eigenvalue weighted by Crippen LogP contribution is 2.65. The van der Waals surface area contributed by atoms with Gasteiger partial charge in [0.1, 0.15) is 0 Å². The van der Waals surface area contributed by atoms with Crippen LogP contribution in [0.3, 0.4) is 0 Å². The van der Waals surface area contributed by atoms with Crippen LogP contribution in [0.25, 0.3) is 0 Å². The van der Waals surface area contributed by atoms with E-state index in [1.54, 1.807) is 48.5 Å². The molecule has 0 aromatic heterocycles. The number of esters is 1. The molecule has 2 aromatic rings. The van der Waals surface area contributed by atoms with Gasteiger partial charge in [-0.3, -0.25) is 19.3 Å². The standard InChI is InChI=1S/C29H28N2O5/c1-2-3-13-36-29(35)17-5-4-6-18(14-17)30-26(32)16-7-9-19(10-8-16)31-27(33)24-20-11-12-21(23-15-22(20)23)25(24)28(31)34/h4-12,14,20-25H,2-3,13,15H2,1H3,(H,30,32)/t20-,21-,22-,23+,24+,25+/m0/s1. The van der Waals surface area contributed by atoms with Gasteiger partial charge in [0.05, 0.1) is 29.7 Å². The number of imide groups is 1. The van der Waals surface area contributed by atoms with E-state index in [4.69, 9.17) is 4.74 Å². The lowest BCUT2D eigenvalue weighted by atomic mass is 9.63. The molecule has 7 nitrogen and oxygen atoms in total. The zero-order valence-corrected chi connectivity index (χ0v) is 20.1. The topological polar surface area (TPSA) is 92.8 Å². The molecule has 2 bridgehead atoms. The maximum atomic E-state index is 13.3. The number of nitrogens with zero attached hydrogens (tertiary/aromatic N) is 1. The second kappa shape index (κ2) is 8.73. The van der Waals surface area contributed by atoms with Gasteiger partial charge in [-0.15, -0.1) is 0 Å². The molecule has 0 unspecified atom stereocenters. The summed E-state index contributed by atoms with van der Waals surface area (Å²) >= 11 is 0. The monoisotopic (exact) mass is 484 g/mol. The molecule has 3 amide bonds. The Morgan fingerprint density at radius 1 is 0.944 bits per heavy atom. The van der Waals surface area contributed by atoms with Gasteiger partial charge in [0, 0.05) is 11.3 Å². The summed E-state index contributed by atoms with van der Waals surface area (Å²) in [5.41, 5.74) is 1.73. The van der Waals surface area contributed by atoms with Crippen molar-refractivity contribution in [3.05, 3.63) is 71.8 Å². The summed E-state index contributed by atoms with van der Waals surface area (Å²) in [6.07, 6.45) is 7.17. The fourth-order valence-corrected chi connectivity index (χ4v) is 6.29. The molecule has 2 aromatic carbocycles. The zero-order valence-electron chi connectivity index (χ0n) is 20.1. The number of ether oxygens (including phenoxy) is 1. The Bertz CT molecular complexity index is 1250. The van der Waals surface area contributed by atoms with Gasteiger partial charge in [-0.05, 0) is 79.0 Å². The molecular weight excluding hydrogens is 456 g/mol. The van der Waals surface area contributed by atoms with Crippen molar-refractivity contribution in [2.24, 2.45) is 35.5 Å². The summed E-state index contributed by atoms with van der Waals surface area (Å²) in [4.78, 5) is 52.9. The Balaban J connectivity index is 1.14. The Morgan fingerprint density at radius 3 is 2.25 bits per heavy atom. The van der Waals surface area contributed by atoms with Crippen LogP contribution >= 0.6 is 0 Å². The maximum Gasteiger partial charge on any atom is 0.338 e. The minimum atomic E-state index is -0.426. The lowest BCUT2D eigenvalue weighted by molar-refractivity contribution is -0.124. The molecular formula is C29H28N2O5. The second-order valence-electron chi connectivity index (χ2n) is 10.2. The number of benzene rings is 2. The van der Waals surface area contributed by atoms with E-state index < -0.39 is 5.97 Å². The zero-order chi connectivity index (χ0) is 25.0. The van der Waals surface area contributed by atoms with Crippen LogP contribution < -0.4 is 10.2 Å². The normalized spacial score (nSPS) is 29.1. The highest BCUT2D eigenvalue weighted by molar-refractivity contribution is 6.22. The predicted molar refractivity (Wildman–Crippen MR) is 133 cm³/mol. The number of carbonyl (C=O) groups excluding carboxylic acids is 4. The first-order chi connectivity index (χ1) is 17.5. The van der Waals surface area contributed by atoms with Crippen molar-refractivity contribution in [2.45, 2.75) is 26.2 Å². The van der Waals surface area contributed by atoms with Crippen molar-refractivity contribution < 1.29 is 23.9 Å². The maximum absolute atomic E-state index is 13.3. The first-order valence-electron chi connectivity index (χ1n) is 12.7. The minimum Gasteiger partial charge on any atom is -0.462 e. The molecule has 6 atom stereocenters. The van der Waals surface area contributed by atoms with Crippen LogP contribution in [0.15, 0.2) is 60.7 Å². The van der Waals surface area contributed by atoms with Gasteiger partial charge in [-0.2, -0.15) is 0 Å². The molecule has 36 heavy (non-hydrogen) atoms. The van der Waals surface area contributed by atoms with Crippen LogP contribution in [0.5, 0.6) is 0 Å². The summed E-state index contributed by atoms with van der Waals surface area (Å²) in [6.45, 7) is 2.38. The third-order valence-corrected chi connectivity index (χ3v) is 8.14. The van der Waals surface area contributed by atoms with Gasteiger partial charge in [-0.25, -0.2) is 4.79 Å². The molecule has 1 saturated heterocycles. The highest BCUT2D eigenvalue weighted by Gasteiger charge is 2.67. The van der Waals surface area contributed by atoms with E-state index in [-0.39, 0.29) is 41.4 Å². The number of nitrogens with one attached hydrogen (secondary N) is 1. The van der Waals surface area contributed by atoms with Crippen molar-refractivity contribution in [1.29, 1.82) is 0 Å². The van der Waals surface area contributed by atoms with Crippen LogP contribution in [-0.4, -0.2) is 30.3 Å². The number of rotatable bonds is 7. The predicted octanol–water partition coefficient (Wildman–Crippen LogP) is 4.45. The number of unbranched alkanes of at least 4 members (excludes halogenated alkanes) is 1. The first kappa shape index (κ1) is 22.7. The fraction of sp³-hybridized carbons (Fsp3) is 0.379. The molecule has 1 N–H and O–H groups in total. The molecule has 0 spiro atoms. The third kappa shape index (κ3) is 3.65. The lowest BCUT2D eigenvalue weighted by Gasteiger charge is -2.37. The highest BCUT2D eigenvalue weighted by atomic mass is 16.5. The summed E-state index contributed by atoms with van der Waals surface area (Å²) in [5, 5.41) is 2.80. The molecule has 2 saturated carbocycles. The van der Waals surface area contributed by atoms with Gasteiger partial charge >= 0.3 is 5.97 Å². The van der Waals surface area contributed by atoms with E-state index in [9.17, 15) is 19.2 Å². The molecule has 7 rings (SSSR count). The summed E-state index contributed by atoms with van der Waals surface area (Å²) in [5.74, 6) is -0.0447. The van der Waals surface area contributed by atoms with Crippen LogP contribution in [0.4, 0.5) is 11.4 Å². The van der Waals surface area contributed by atoms with Crippen LogP contribution in [0.2, 0.25) is 0 Å². The average Bonchev–Trinajstić information content (AvgIpc) is 3.67. The Hall–Kier alpha value is -3.74. The molecule has 4 aliphatic carbocycles. The van der Waals surface area contributed by atoms with Gasteiger partial charge < -0.3 is 10.1 Å². The molecule has 3 fully saturated rings. The number of carbonyl (C=O) groups is 4. The van der Waals surface area contributed by atoms with Crippen molar-refractivity contribution in [2.75, 3.05) is 16.8 Å². The number of hydrogen-bond acceptors (Lipinski definition) is 5. The van der Waals surface area contributed by atoms with E-state index in [1.807, 2.05) is 6.92 Å². The van der Waals surface area contributed by atoms with Crippen LogP contribution in [-0.2, 0) is 14.3 Å². The van der Waals surface area contributed by atoms with Gasteiger partial charge in [0.25, 0.3) is 5.91 Å². The molecule has 1 aliphatic heterocycles. The van der Waals surface area contributed by atoms with Gasteiger partial charge in [0.2, 0.25) is 11.8 Å². The number of amides is 3. The SMILES string of the molecule is CCCCOC(=O)c1cccc(NC(=O)c2ccc(N3C(=O)[C@@H]4[C@H]5C=C[C@@H]([C@@H]6C[C@H]56)[C@H]4C3=O)cc2)c1. The number of anilines is 2. The van der Waals surface area contributed by atoms with Crippen LogP contribution in [0.1, 0.15) is 46.9 Å². The Labute approximate surface area is 209 Å². The Kier molecular flexibility index (Phi) is 5.51. The van der Waals surface area contributed by atoms with Crippen molar-refractivity contribution >= 4 is 35.1 Å². The molecule has 0 radical (unpaired) electrons. The first-order valence-corrected chi connectivity index (χ1v) is 12.7. The smallest absolute Gasteiger partial charge is 0.338 e. The summed E-state index contributed by atoms with van der Waals surface area (Å²) in [6, 6.07) is 13.1. The quantitative estimate of drug-likeness (QED) is 0.271. The average molecular weight is 485 g/mol. The summed E-state index contributed by atoms with van der Waals surface area (Å²) < 4.78 is 5.24. The van der Waals surface area contributed by atoms with Crippen molar-refractivity contribution in [1.82, 2.24) is 0 Å². The van der Waals surface area contributed by atoms with E-state index in [0.29, 0.717) is 40.9 Å². The molecule has 5 aliphatic rings. The molecule has 1 heterocycles. The third-order valence-electron chi connectivity index (χ3n) is 8.14. The molecule has 7 heteroatoms. The largest absolute Gasteiger partial charge is 0.462 e. The lowest BCUT2D eigenvalue weighted by Crippen LogP contribution is -2.40. The minimum absolute atomic E-state index is 0.116. The van der Waals surface area contributed by atoms with E-state index >= 15 is 0 Å².